The van der Waals surface area contributed by atoms with Crippen molar-refractivity contribution in [1.82, 2.24) is 4.98 Å². The minimum Gasteiger partial charge on any atom is -0.439 e. The molecule has 4 nitrogen and oxygen atoms in total. The van der Waals surface area contributed by atoms with Crippen molar-refractivity contribution in [3.8, 4) is 11.6 Å². The first-order chi connectivity index (χ1) is 8.19. The van der Waals surface area contributed by atoms with Gasteiger partial charge >= 0.3 is 0 Å². The molecule has 0 aliphatic rings. The van der Waals surface area contributed by atoms with Crippen LogP contribution in [0.25, 0.3) is 0 Å². The molecular formula is C13H14N2O2. The van der Waals surface area contributed by atoms with E-state index in [1.54, 1.807) is 36.5 Å². The lowest BCUT2D eigenvalue weighted by Gasteiger charge is -2.07. The molecule has 2 aromatic rings. The number of nitrogen functional groups attached to an aromatic ring is 1. The molecular weight excluding hydrogens is 216 g/mol. The van der Waals surface area contributed by atoms with Gasteiger partial charge in [0, 0.05) is 6.07 Å². The number of aromatic nitrogens is 1. The summed E-state index contributed by atoms with van der Waals surface area (Å²) in [6, 6.07) is 8.98. The normalized spacial score (nSPS) is 10.2. The minimum atomic E-state index is 0.0273. The summed E-state index contributed by atoms with van der Waals surface area (Å²) >= 11 is 0. The first-order valence-corrected chi connectivity index (χ1v) is 5.29. The van der Waals surface area contributed by atoms with E-state index in [2.05, 4.69) is 4.98 Å². The lowest BCUT2D eigenvalue weighted by Crippen LogP contribution is -1.94. The lowest BCUT2D eigenvalue weighted by molar-refractivity contribution is 0.281. The molecule has 0 fully saturated rings. The fourth-order valence-corrected chi connectivity index (χ4v) is 1.38. The second kappa shape index (κ2) is 4.84. The van der Waals surface area contributed by atoms with Gasteiger partial charge in [-0.15, -0.1) is 0 Å². The van der Waals surface area contributed by atoms with E-state index in [1.807, 2.05) is 6.92 Å². The van der Waals surface area contributed by atoms with Gasteiger partial charge in [-0.25, -0.2) is 4.98 Å². The van der Waals surface area contributed by atoms with Gasteiger partial charge in [0.2, 0.25) is 5.88 Å². The number of aryl methyl sites for hydroxylation is 1. The van der Waals surface area contributed by atoms with E-state index in [0.29, 0.717) is 17.3 Å². The highest BCUT2D eigenvalue weighted by atomic mass is 16.5. The van der Waals surface area contributed by atoms with E-state index < -0.39 is 0 Å². The summed E-state index contributed by atoms with van der Waals surface area (Å²) in [5, 5.41) is 8.92. The first kappa shape index (κ1) is 11.4. The lowest BCUT2D eigenvalue weighted by atomic mass is 10.2. The zero-order chi connectivity index (χ0) is 12.3. The van der Waals surface area contributed by atoms with Crippen molar-refractivity contribution in [2.45, 2.75) is 13.5 Å². The van der Waals surface area contributed by atoms with Crippen LogP contribution in [-0.2, 0) is 6.61 Å². The van der Waals surface area contributed by atoms with Crippen LogP contribution >= 0.6 is 0 Å². The van der Waals surface area contributed by atoms with Gasteiger partial charge in [-0.2, -0.15) is 0 Å². The summed E-state index contributed by atoms with van der Waals surface area (Å²) in [6.07, 6.45) is 1.58. The summed E-state index contributed by atoms with van der Waals surface area (Å²) in [5.41, 5.74) is 8.10. The van der Waals surface area contributed by atoms with Crippen LogP contribution in [-0.4, -0.2) is 10.1 Å². The fraction of sp³-hybridized carbons (Fsp3) is 0.154. The molecule has 0 amide bonds. The fourth-order valence-electron chi connectivity index (χ4n) is 1.38. The third kappa shape index (κ3) is 2.73. The number of pyridine rings is 1. The maximum absolute atomic E-state index is 8.92. The molecule has 0 bridgehead atoms. The van der Waals surface area contributed by atoms with Gasteiger partial charge in [0.15, 0.2) is 0 Å². The van der Waals surface area contributed by atoms with Crippen LogP contribution in [0.4, 0.5) is 5.69 Å². The van der Waals surface area contributed by atoms with E-state index in [-0.39, 0.29) is 6.61 Å². The van der Waals surface area contributed by atoms with Gasteiger partial charge in [0.1, 0.15) is 5.75 Å². The van der Waals surface area contributed by atoms with Gasteiger partial charge in [0.25, 0.3) is 0 Å². The van der Waals surface area contributed by atoms with Crippen LogP contribution in [0.1, 0.15) is 11.1 Å². The Hall–Kier alpha value is -2.07. The van der Waals surface area contributed by atoms with Crippen LogP contribution in [0.5, 0.6) is 11.6 Å². The molecule has 0 saturated heterocycles. The number of aliphatic hydroxyl groups excluding tert-OH is 1. The van der Waals surface area contributed by atoms with Crippen molar-refractivity contribution in [1.29, 1.82) is 0 Å². The summed E-state index contributed by atoms with van der Waals surface area (Å²) < 4.78 is 5.57. The average Bonchev–Trinajstić information content (AvgIpc) is 2.35. The van der Waals surface area contributed by atoms with Gasteiger partial charge in [-0.05, 0) is 30.2 Å². The maximum Gasteiger partial charge on any atom is 0.219 e. The molecule has 0 radical (unpaired) electrons. The van der Waals surface area contributed by atoms with Crippen molar-refractivity contribution in [3.05, 3.63) is 47.7 Å². The highest BCUT2D eigenvalue weighted by Crippen LogP contribution is 2.22. The number of aliphatic hydroxyl groups is 1. The summed E-state index contributed by atoms with van der Waals surface area (Å²) in [5.74, 6) is 1.19. The van der Waals surface area contributed by atoms with Crippen molar-refractivity contribution < 1.29 is 9.84 Å². The summed E-state index contributed by atoms with van der Waals surface area (Å²) in [6.45, 7) is 1.93. The number of anilines is 1. The molecule has 0 aliphatic carbocycles. The standard InChI is InChI=1S/C13H14N2O2/c1-9-6-13(15-7-12(9)14)17-11-4-2-10(8-16)3-5-11/h2-7,16H,8,14H2,1H3. The Morgan fingerprint density at radius 3 is 2.59 bits per heavy atom. The molecule has 17 heavy (non-hydrogen) atoms. The van der Waals surface area contributed by atoms with Crippen LogP contribution in [0, 0.1) is 6.92 Å². The predicted octanol–water partition coefficient (Wildman–Crippen LogP) is 2.26. The molecule has 2 rings (SSSR count). The second-order valence-corrected chi connectivity index (χ2v) is 3.78. The van der Waals surface area contributed by atoms with Crippen molar-refractivity contribution in [2.75, 3.05) is 5.73 Å². The van der Waals surface area contributed by atoms with E-state index in [1.165, 1.54) is 0 Å². The van der Waals surface area contributed by atoms with Crippen molar-refractivity contribution in [3.63, 3.8) is 0 Å². The predicted molar refractivity (Wildman–Crippen MR) is 65.8 cm³/mol. The number of nitrogens with two attached hydrogens (primary N) is 1. The highest BCUT2D eigenvalue weighted by molar-refractivity contribution is 5.46. The Morgan fingerprint density at radius 2 is 2.00 bits per heavy atom. The molecule has 1 aromatic carbocycles. The largest absolute Gasteiger partial charge is 0.439 e. The number of benzene rings is 1. The summed E-state index contributed by atoms with van der Waals surface area (Å²) in [4.78, 5) is 4.08. The Balaban J connectivity index is 2.16. The molecule has 1 heterocycles. The molecule has 88 valence electrons. The summed E-state index contributed by atoms with van der Waals surface area (Å²) in [7, 11) is 0. The number of hydrogen-bond acceptors (Lipinski definition) is 4. The van der Waals surface area contributed by atoms with Crippen LogP contribution in [0.15, 0.2) is 36.5 Å². The molecule has 3 N–H and O–H groups in total. The SMILES string of the molecule is Cc1cc(Oc2ccc(CO)cc2)ncc1N. The number of ether oxygens (including phenoxy) is 1. The molecule has 0 atom stereocenters. The highest BCUT2D eigenvalue weighted by Gasteiger charge is 2.01. The van der Waals surface area contributed by atoms with Crippen molar-refractivity contribution >= 4 is 5.69 Å². The minimum absolute atomic E-state index is 0.0273. The van der Waals surface area contributed by atoms with E-state index in [4.69, 9.17) is 15.6 Å². The Labute approximate surface area is 99.7 Å². The number of nitrogens with zero attached hydrogens (tertiary/aromatic N) is 1. The van der Waals surface area contributed by atoms with Crippen molar-refractivity contribution in [2.24, 2.45) is 0 Å². The average molecular weight is 230 g/mol. The Bertz CT molecular complexity index is 509. The Kier molecular flexibility index (Phi) is 3.25. The van der Waals surface area contributed by atoms with E-state index in [9.17, 15) is 0 Å². The second-order valence-electron chi connectivity index (χ2n) is 3.78. The molecule has 0 aliphatic heterocycles. The smallest absolute Gasteiger partial charge is 0.219 e. The maximum atomic E-state index is 8.92. The number of hydrogen-bond donors (Lipinski definition) is 2. The van der Waals surface area contributed by atoms with E-state index >= 15 is 0 Å². The third-order valence-corrected chi connectivity index (χ3v) is 2.45. The quantitative estimate of drug-likeness (QED) is 0.848. The van der Waals surface area contributed by atoms with E-state index in [0.717, 1.165) is 11.1 Å². The third-order valence-electron chi connectivity index (χ3n) is 2.45. The Morgan fingerprint density at radius 1 is 1.29 bits per heavy atom. The monoisotopic (exact) mass is 230 g/mol. The van der Waals surface area contributed by atoms with Gasteiger partial charge in [-0.3, -0.25) is 0 Å². The van der Waals surface area contributed by atoms with Crippen LogP contribution in [0.2, 0.25) is 0 Å². The van der Waals surface area contributed by atoms with Gasteiger partial charge in [-0.1, -0.05) is 12.1 Å². The molecule has 4 heteroatoms. The zero-order valence-electron chi connectivity index (χ0n) is 9.55. The number of rotatable bonds is 3. The molecule has 0 unspecified atom stereocenters. The van der Waals surface area contributed by atoms with Gasteiger partial charge in [0.05, 0.1) is 18.5 Å². The zero-order valence-corrected chi connectivity index (χ0v) is 9.55. The first-order valence-electron chi connectivity index (χ1n) is 5.29. The van der Waals surface area contributed by atoms with Crippen LogP contribution in [0.3, 0.4) is 0 Å². The molecule has 1 aromatic heterocycles. The van der Waals surface area contributed by atoms with Crippen LogP contribution < -0.4 is 10.5 Å². The molecule has 0 saturated carbocycles. The topological polar surface area (TPSA) is 68.4 Å². The molecule has 0 spiro atoms. The van der Waals surface area contributed by atoms with Gasteiger partial charge < -0.3 is 15.6 Å².